The number of nitriles is 1. The van der Waals surface area contributed by atoms with Crippen LogP contribution >= 0.6 is 0 Å². The van der Waals surface area contributed by atoms with Crippen LogP contribution in [-0.4, -0.2) is 53.2 Å². The zero-order chi connectivity index (χ0) is 29.5. The van der Waals surface area contributed by atoms with E-state index in [0.29, 0.717) is 6.42 Å². The van der Waals surface area contributed by atoms with E-state index < -0.39 is 89.2 Å². The van der Waals surface area contributed by atoms with E-state index in [1.165, 1.54) is 27.7 Å². The zero-order valence-electron chi connectivity index (χ0n) is 22.3. The summed E-state index contributed by atoms with van der Waals surface area (Å²) in [6.07, 6.45) is -7.13. The van der Waals surface area contributed by atoms with Crippen LogP contribution in [0.25, 0.3) is 0 Å². The first kappa shape index (κ1) is 31.4. The Kier molecular flexibility index (Phi) is 8.62. The zero-order valence-corrected chi connectivity index (χ0v) is 22.3. The summed E-state index contributed by atoms with van der Waals surface area (Å²) in [4.78, 5) is 50.1. The van der Waals surface area contributed by atoms with Gasteiger partial charge in [0.15, 0.2) is 0 Å². The quantitative estimate of drug-likeness (QED) is 0.359. The smallest absolute Gasteiger partial charge is 0.351 e. The molecule has 0 aromatic carbocycles. The highest BCUT2D eigenvalue weighted by Gasteiger charge is 2.68. The minimum atomic E-state index is -5.18. The number of nitrogens with one attached hydrogen (secondary N) is 3. The fraction of sp³-hybridized carbons (Fsp3) is 0.800. The summed E-state index contributed by atoms with van der Waals surface area (Å²) in [5.74, 6) is -9.72. The molecule has 2 aliphatic rings. The summed E-state index contributed by atoms with van der Waals surface area (Å²) in [7, 11) is 0. The molecule has 38 heavy (non-hydrogen) atoms. The predicted molar refractivity (Wildman–Crippen MR) is 125 cm³/mol. The highest BCUT2D eigenvalue weighted by molar-refractivity contribution is 5.93. The molecule has 0 aromatic heterocycles. The minimum absolute atomic E-state index is 0.0592. The van der Waals surface area contributed by atoms with Crippen molar-refractivity contribution in [1.29, 1.82) is 5.26 Å². The standard InChI is InChI=1S/C25H35F5N4O4/c1-21(2,3)15(8-17(35)25(28,29)30)19(37)33-16(10-23(6)12-24(23,26)27)20(38)32-14(11-31)7-13-9-22(4,5)34-18(13)36/h13-16H,7-10,12H2,1-6H3,(H,32,38)(H,33,37)(H,34,36). The molecule has 2 rings (SSSR count). The first-order chi connectivity index (χ1) is 17.0. The van der Waals surface area contributed by atoms with Gasteiger partial charge in [-0.15, -0.1) is 0 Å². The van der Waals surface area contributed by atoms with Crippen molar-refractivity contribution in [3.63, 3.8) is 0 Å². The van der Waals surface area contributed by atoms with Crippen LogP contribution in [0.3, 0.4) is 0 Å². The average molecular weight is 551 g/mol. The van der Waals surface area contributed by atoms with Crippen LogP contribution in [0, 0.1) is 34.0 Å². The van der Waals surface area contributed by atoms with E-state index in [0.717, 1.165) is 0 Å². The molecule has 3 amide bonds. The van der Waals surface area contributed by atoms with Crippen LogP contribution in [0.15, 0.2) is 0 Å². The molecular formula is C25H35F5N4O4. The number of nitrogens with zero attached hydrogens (tertiary/aromatic N) is 1. The highest BCUT2D eigenvalue weighted by Crippen LogP contribution is 2.62. The molecule has 0 spiro atoms. The second kappa shape index (κ2) is 10.4. The maximum Gasteiger partial charge on any atom is 0.449 e. The van der Waals surface area contributed by atoms with Gasteiger partial charge < -0.3 is 16.0 Å². The summed E-state index contributed by atoms with van der Waals surface area (Å²) in [6, 6.07) is -0.947. The molecule has 214 valence electrons. The lowest BCUT2D eigenvalue weighted by molar-refractivity contribution is -0.173. The van der Waals surface area contributed by atoms with Crippen LogP contribution in [0.1, 0.15) is 73.6 Å². The third-order valence-corrected chi connectivity index (χ3v) is 7.31. The van der Waals surface area contributed by atoms with Gasteiger partial charge in [-0.25, -0.2) is 8.78 Å². The molecule has 1 aliphatic heterocycles. The van der Waals surface area contributed by atoms with Crippen molar-refractivity contribution in [2.45, 2.75) is 103 Å². The summed E-state index contributed by atoms with van der Waals surface area (Å²) in [6.45, 7) is 9.11. The van der Waals surface area contributed by atoms with E-state index in [-0.39, 0.29) is 12.3 Å². The molecular weight excluding hydrogens is 515 g/mol. The van der Waals surface area contributed by atoms with E-state index in [1.807, 2.05) is 6.07 Å². The van der Waals surface area contributed by atoms with Crippen LogP contribution in [0.4, 0.5) is 22.0 Å². The molecule has 5 atom stereocenters. The number of halogens is 5. The van der Waals surface area contributed by atoms with Gasteiger partial charge >= 0.3 is 6.18 Å². The fourth-order valence-electron chi connectivity index (χ4n) is 4.78. The van der Waals surface area contributed by atoms with Gasteiger partial charge in [-0.2, -0.15) is 18.4 Å². The number of ketones is 1. The van der Waals surface area contributed by atoms with E-state index in [2.05, 4.69) is 16.0 Å². The second-order valence-corrected chi connectivity index (χ2v) is 12.5. The Bertz CT molecular complexity index is 1010. The monoisotopic (exact) mass is 550 g/mol. The van der Waals surface area contributed by atoms with Gasteiger partial charge in [0.25, 0.3) is 5.92 Å². The molecule has 1 heterocycles. The number of hydrogen-bond acceptors (Lipinski definition) is 5. The third-order valence-electron chi connectivity index (χ3n) is 7.31. The Balaban J connectivity index is 2.23. The molecule has 0 aromatic rings. The molecule has 8 nitrogen and oxygen atoms in total. The topological polar surface area (TPSA) is 128 Å². The molecule has 0 radical (unpaired) electrons. The molecule has 1 aliphatic carbocycles. The van der Waals surface area contributed by atoms with Gasteiger partial charge in [-0.1, -0.05) is 27.7 Å². The van der Waals surface area contributed by atoms with Crippen LogP contribution < -0.4 is 16.0 Å². The van der Waals surface area contributed by atoms with E-state index in [9.17, 15) is 46.4 Å². The summed E-state index contributed by atoms with van der Waals surface area (Å²) in [5, 5.41) is 17.0. The van der Waals surface area contributed by atoms with Gasteiger partial charge in [0.1, 0.15) is 12.1 Å². The molecule has 5 unspecified atom stereocenters. The Morgan fingerprint density at radius 2 is 1.66 bits per heavy atom. The number of carbonyl (C=O) groups is 4. The Hall–Kier alpha value is -2.78. The maximum atomic E-state index is 14.0. The molecule has 0 bridgehead atoms. The fourth-order valence-corrected chi connectivity index (χ4v) is 4.78. The van der Waals surface area contributed by atoms with Gasteiger partial charge in [0, 0.05) is 29.7 Å². The van der Waals surface area contributed by atoms with Crippen molar-refractivity contribution in [2.24, 2.45) is 22.7 Å². The van der Waals surface area contributed by atoms with Crippen molar-refractivity contribution in [3.05, 3.63) is 0 Å². The first-order valence-corrected chi connectivity index (χ1v) is 12.3. The van der Waals surface area contributed by atoms with E-state index in [1.54, 1.807) is 13.8 Å². The lowest BCUT2D eigenvalue weighted by atomic mass is 9.77. The van der Waals surface area contributed by atoms with Gasteiger partial charge in [-0.3, -0.25) is 19.2 Å². The Morgan fingerprint density at radius 3 is 2.05 bits per heavy atom. The number of Topliss-reactive ketones (excluding diaryl/α,β-unsaturated/α-hetero) is 1. The van der Waals surface area contributed by atoms with Gasteiger partial charge in [-0.05, 0) is 38.5 Å². The predicted octanol–water partition coefficient (Wildman–Crippen LogP) is 3.40. The summed E-state index contributed by atoms with van der Waals surface area (Å²) < 4.78 is 66.7. The second-order valence-electron chi connectivity index (χ2n) is 12.5. The molecule has 1 saturated carbocycles. The number of hydrogen-bond donors (Lipinski definition) is 3. The van der Waals surface area contributed by atoms with Gasteiger partial charge in [0.2, 0.25) is 23.5 Å². The SMILES string of the molecule is CC1(C)CC(CC(C#N)NC(=O)C(CC2(C)CC2(F)F)NC(=O)C(CC(=O)C(F)(F)F)C(C)(C)C)C(=O)N1. The normalized spacial score (nSPS) is 26.4. The largest absolute Gasteiger partial charge is 0.449 e. The van der Waals surface area contributed by atoms with Gasteiger partial charge in [0.05, 0.1) is 12.0 Å². The van der Waals surface area contributed by atoms with E-state index >= 15 is 0 Å². The van der Waals surface area contributed by atoms with Crippen molar-refractivity contribution >= 4 is 23.5 Å². The number of alkyl halides is 5. The Labute approximate surface area is 218 Å². The summed E-state index contributed by atoms with van der Waals surface area (Å²) >= 11 is 0. The molecule has 13 heteroatoms. The van der Waals surface area contributed by atoms with Crippen LogP contribution in [0.2, 0.25) is 0 Å². The molecule has 3 N–H and O–H groups in total. The van der Waals surface area contributed by atoms with Crippen molar-refractivity contribution in [1.82, 2.24) is 16.0 Å². The number of carbonyl (C=O) groups excluding carboxylic acids is 4. The average Bonchev–Trinajstić information content (AvgIpc) is 3.10. The van der Waals surface area contributed by atoms with Crippen LogP contribution in [-0.2, 0) is 19.2 Å². The molecule has 1 saturated heterocycles. The van der Waals surface area contributed by atoms with Crippen molar-refractivity contribution in [2.75, 3.05) is 0 Å². The van der Waals surface area contributed by atoms with E-state index in [4.69, 9.17) is 0 Å². The van der Waals surface area contributed by atoms with Crippen molar-refractivity contribution in [3.8, 4) is 6.07 Å². The minimum Gasteiger partial charge on any atom is -0.351 e. The first-order valence-electron chi connectivity index (χ1n) is 12.3. The number of amides is 3. The van der Waals surface area contributed by atoms with Crippen LogP contribution in [0.5, 0.6) is 0 Å². The maximum absolute atomic E-state index is 14.0. The Morgan fingerprint density at radius 1 is 1.11 bits per heavy atom. The highest BCUT2D eigenvalue weighted by atomic mass is 19.4. The number of rotatable bonds is 10. The lowest BCUT2D eigenvalue weighted by Gasteiger charge is -2.32. The third kappa shape index (κ3) is 7.63. The lowest BCUT2D eigenvalue weighted by Crippen LogP contribution is -2.53. The van der Waals surface area contributed by atoms with Crippen molar-refractivity contribution < 1.29 is 41.1 Å². The molecule has 2 fully saturated rings. The summed E-state index contributed by atoms with van der Waals surface area (Å²) in [5.41, 5.74) is -3.31.